The first-order chi connectivity index (χ1) is 19.1. The molecule has 0 bridgehead atoms. The van der Waals surface area contributed by atoms with Gasteiger partial charge in [0.1, 0.15) is 29.9 Å². The zero-order chi connectivity index (χ0) is 29.3. The summed E-state index contributed by atoms with van der Waals surface area (Å²) in [7, 11) is -1.27. The normalized spacial score (nSPS) is 11.8. The molecule has 0 radical (unpaired) electrons. The van der Waals surface area contributed by atoms with E-state index in [9.17, 15) is 22.4 Å². The van der Waals surface area contributed by atoms with E-state index in [1.165, 1.54) is 48.4 Å². The zero-order valence-electron chi connectivity index (χ0n) is 23.0. The summed E-state index contributed by atoms with van der Waals surface area (Å²) in [6.45, 7) is 3.36. The first-order valence-corrected chi connectivity index (χ1v) is 14.2. The van der Waals surface area contributed by atoms with Crippen molar-refractivity contribution in [3.63, 3.8) is 0 Å². The second-order valence-corrected chi connectivity index (χ2v) is 10.7. The number of amides is 2. The number of halogens is 1. The highest BCUT2D eigenvalue weighted by atomic mass is 32.2. The number of ether oxygens (including phenoxy) is 2. The van der Waals surface area contributed by atoms with Gasteiger partial charge in [-0.2, -0.15) is 0 Å². The summed E-state index contributed by atoms with van der Waals surface area (Å²) < 4.78 is 52.6. The molecule has 1 unspecified atom stereocenters. The van der Waals surface area contributed by atoms with Gasteiger partial charge in [-0.25, -0.2) is 12.8 Å². The van der Waals surface area contributed by atoms with Crippen molar-refractivity contribution >= 4 is 27.5 Å². The Hall–Kier alpha value is -4.12. The second-order valence-electron chi connectivity index (χ2n) is 8.85. The standard InChI is InChI=1S/C29H34FN3O6S/c1-5-27(29(35)31-6-2)32(19-21-7-13-24(38-3)14-8-21)28(34)20-33(23-11-9-22(30)10-12-23)40(36,37)26-17-15-25(39-4)16-18-26/h7-18,27H,5-6,19-20H2,1-4H3,(H,31,35). The van der Waals surface area contributed by atoms with E-state index >= 15 is 0 Å². The summed E-state index contributed by atoms with van der Waals surface area (Å²) in [4.78, 5) is 28.2. The summed E-state index contributed by atoms with van der Waals surface area (Å²) >= 11 is 0. The molecule has 11 heteroatoms. The fourth-order valence-corrected chi connectivity index (χ4v) is 5.56. The van der Waals surface area contributed by atoms with Crippen molar-refractivity contribution in [3.8, 4) is 11.5 Å². The monoisotopic (exact) mass is 571 g/mol. The minimum atomic E-state index is -4.27. The van der Waals surface area contributed by atoms with Crippen LogP contribution in [0.25, 0.3) is 0 Å². The molecule has 0 spiro atoms. The van der Waals surface area contributed by atoms with Gasteiger partial charge >= 0.3 is 0 Å². The van der Waals surface area contributed by atoms with Crippen molar-refractivity contribution in [1.29, 1.82) is 0 Å². The largest absolute Gasteiger partial charge is 0.497 e. The molecule has 0 aromatic heterocycles. The van der Waals surface area contributed by atoms with Crippen LogP contribution in [0, 0.1) is 5.82 Å². The molecule has 1 atom stereocenters. The smallest absolute Gasteiger partial charge is 0.264 e. The molecule has 0 aliphatic heterocycles. The van der Waals surface area contributed by atoms with Crippen LogP contribution in [-0.4, -0.2) is 58.5 Å². The van der Waals surface area contributed by atoms with Crippen LogP contribution in [0.2, 0.25) is 0 Å². The number of nitrogens with one attached hydrogen (secondary N) is 1. The van der Waals surface area contributed by atoms with Crippen molar-refractivity contribution in [2.45, 2.75) is 37.8 Å². The predicted octanol–water partition coefficient (Wildman–Crippen LogP) is 3.98. The second kappa shape index (κ2) is 13.8. The van der Waals surface area contributed by atoms with Crippen molar-refractivity contribution in [3.05, 3.63) is 84.2 Å². The van der Waals surface area contributed by atoms with E-state index in [1.807, 2.05) is 0 Å². The zero-order valence-corrected chi connectivity index (χ0v) is 23.8. The van der Waals surface area contributed by atoms with Gasteiger partial charge < -0.3 is 19.7 Å². The third-order valence-corrected chi connectivity index (χ3v) is 8.08. The summed E-state index contributed by atoms with van der Waals surface area (Å²) in [6, 6.07) is 16.7. The lowest BCUT2D eigenvalue weighted by Gasteiger charge is -2.33. The Balaban J connectivity index is 2.04. The molecule has 2 amide bonds. The van der Waals surface area contributed by atoms with Crippen molar-refractivity contribution in [1.82, 2.24) is 10.2 Å². The van der Waals surface area contributed by atoms with Crippen molar-refractivity contribution in [2.24, 2.45) is 0 Å². The van der Waals surface area contributed by atoms with Crippen molar-refractivity contribution in [2.75, 3.05) is 31.6 Å². The predicted molar refractivity (Wildman–Crippen MR) is 150 cm³/mol. The Bertz CT molecular complexity index is 1380. The maximum absolute atomic E-state index is 13.9. The van der Waals surface area contributed by atoms with E-state index in [4.69, 9.17) is 9.47 Å². The van der Waals surface area contributed by atoms with Gasteiger partial charge in [0.25, 0.3) is 10.0 Å². The Morgan fingerprint density at radius 2 is 1.43 bits per heavy atom. The number of likely N-dealkylation sites (N-methyl/N-ethyl adjacent to an activating group) is 1. The number of methoxy groups -OCH3 is 2. The van der Waals surface area contributed by atoms with Crippen molar-refractivity contribution < 1.29 is 31.9 Å². The molecule has 3 aromatic carbocycles. The summed E-state index contributed by atoms with van der Waals surface area (Å²) in [6.07, 6.45) is 0.301. The Kier molecular flexibility index (Phi) is 10.5. The van der Waals surface area contributed by atoms with Gasteiger partial charge in [0.15, 0.2) is 0 Å². The minimum absolute atomic E-state index is 0.0539. The van der Waals surface area contributed by atoms with Gasteiger partial charge in [-0.05, 0) is 79.6 Å². The van der Waals surface area contributed by atoms with Gasteiger partial charge in [0.05, 0.1) is 24.8 Å². The molecule has 0 aliphatic carbocycles. The third-order valence-electron chi connectivity index (χ3n) is 6.29. The maximum Gasteiger partial charge on any atom is 0.264 e. The first kappa shape index (κ1) is 30.4. The number of carbonyl (C=O) groups is 2. The molecule has 40 heavy (non-hydrogen) atoms. The molecule has 214 valence electrons. The molecule has 0 aliphatic rings. The molecular formula is C29H34FN3O6S. The number of rotatable bonds is 13. The average Bonchev–Trinajstić information content (AvgIpc) is 2.96. The molecular weight excluding hydrogens is 537 g/mol. The van der Waals surface area contributed by atoms with E-state index < -0.39 is 34.3 Å². The Labute approximate surface area is 234 Å². The third kappa shape index (κ3) is 7.29. The molecule has 0 saturated heterocycles. The fraction of sp³-hybridized carbons (Fsp3) is 0.310. The van der Waals surface area contributed by atoms with E-state index in [-0.39, 0.29) is 23.0 Å². The highest BCUT2D eigenvalue weighted by molar-refractivity contribution is 7.92. The molecule has 0 heterocycles. The lowest BCUT2D eigenvalue weighted by atomic mass is 10.1. The van der Waals surface area contributed by atoms with E-state index in [1.54, 1.807) is 45.2 Å². The van der Waals surface area contributed by atoms with E-state index in [2.05, 4.69) is 5.32 Å². The van der Waals surface area contributed by atoms with Crippen LogP contribution in [0.15, 0.2) is 77.7 Å². The molecule has 3 aromatic rings. The number of carbonyl (C=O) groups excluding carboxylic acids is 2. The average molecular weight is 572 g/mol. The quantitative estimate of drug-likeness (QED) is 0.333. The number of hydrogen-bond donors (Lipinski definition) is 1. The molecule has 9 nitrogen and oxygen atoms in total. The maximum atomic E-state index is 13.9. The first-order valence-electron chi connectivity index (χ1n) is 12.8. The number of anilines is 1. The number of hydrogen-bond acceptors (Lipinski definition) is 6. The molecule has 3 rings (SSSR count). The van der Waals surface area contributed by atoms with Crippen LogP contribution in [-0.2, 0) is 26.2 Å². The van der Waals surface area contributed by atoms with Gasteiger partial charge in [0.2, 0.25) is 11.8 Å². The molecule has 0 fully saturated rings. The van der Waals surface area contributed by atoms with Crippen LogP contribution in [0.4, 0.5) is 10.1 Å². The Morgan fingerprint density at radius 3 is 1.93 bits per heavy atom. The number of nitrogens with zero attached hydrogens (tertiary/aromatic N) is 2. The van der Waals surface area contributed by atoms with Crippen LogP contribution in [0.1, 0.15) is 25.8 Å². The molecule has 1 N–H and O–H groups in total. The highest BCUT2D eigenvalue weighted by Crippen LogP contribution is 2.26. The Morgan fingerprint density at radius 1 is 0.875 bits per heavy atom. The topological polar surface area (TPSA) is 105 Å². The van der Waals surface area contributed by atoms with E-state index in [0.717, 1.165) is 22.0 Å². The van der Waals surface area contributed by atoms with Gasteiger partial charge in [-0.1, -0.05) is 19.1 Å². The highest BCUT2D eigenvalue weighted by Gasteiger charge is 2.33. The lowest BCUT2D eigenvalue weighted by Crippen LogP contribution is -2.52. The summed E-state index contributed by atoms with van der Waals surface area (Å²) in [5, 5.41) is 2.76. The van der Waals surface area contributed by atoms with Crippen LogP contribution in [0.5, 0.6) is 11.5 Å². The van der Waals surface area contributed by atoms with Gasteiger partial charge in [0, 0.05) is 13.1 Å². The number of sulfonamides is 1. The summed E-state index contributed by atoms with van der Waals surface area (Å²) in [5.41, 5.74) is 0.823. The van der Waals surface area contributed by atoms with Crippen LogP contribution >= 0.6 is 0 Å². The molecule has 0 saturated carbocycles. The van der Waals surface area contributed by atoms with Crippen LogP contribution < -0.4 is 19.1 Å². The van der Waals surface area contributed by atoms with E-state index in [0.29, 0.717) is 24.5 Å². The fourth-order valence-electron chi connectivity index (χ4n) is 4.15. The minimum Gasteiger partial charge on any atom is -0.497 e. The van der Waals surface area contributed by atoms with Gasteiger partial charge in [-0.3, -0.25) is 13.9 Å². The number of benzene rings is 3. The van der Waals surface area contributed by atoms with Gasteiger partial charge in [-0.15, -0.1) is 0 Å². The lowest BCUT2D eigenvalue weighted by molar-refractivity contribution is -0.140. The summed E-state index contributed by atoms with van der Waals surface area (Å²) in [5.74, 6) is -0.416. The SMILES string of the molecule is CCNC(=O)C(CC)N(Cc1ccc(OC)cc1)C(=O)CN(c1ccc(F)cc1)S(=O)(=O)c1ccc(OC)cc1. The van der Waals surface area contributed by atoms with Crippen LogP contribution in [0.3, 0.4) is 0 Å².